The smallest absolute Gasteiger partial charge is 0.373 e. The molecular formula is C8H8BO2S+. The lowest BCUT2D eigenvalue weighted by atomic mass is 10.3. The van der Waals surface area contributed by atoms with E-state index >= 15 is 0 Å². The zero-order chi connectivity index (χ0) is 8.55. The van der Waals surface area contributed by atoms with Crippen LogP contribution in [0, 0.1) is 0 Å². The molecule has 1 unspecified atom stereocenters. The first-order chi connectivity index (χ1) is 5.79. The Labute approximate surface area is 73.1 Å². The summed E-state index contributed by atoms with van der Waals surface area (Å²) in [6.07, 6.45) is -1.26. The van der Waals surface area contributed by atoms with Crippen molar-refractivity contribution in [2.45, 2.75) is 0 Å². The van der Waals surface area contributed by atoms with Gasteiger partial charge in [0.25, 0.3) is 0 Å². The fourth-order valence-electron chi connectivity index (χ4n) is 1.24. The maximum Gasteiger partial charge on any atom is 0.783 e. The highest BCUT2D eigenvalue weighted by molar-refractivity contribution is 7.69. The van der Waals surface area contributed by atoms with Crippen molar-refractivity contribution in [1.82, 2.24) is 0 Å². The second-order valence-electron chi connectivity index (χ2n) is 2.54. The molecule has 0 fully saturated rings. The molecule has 2 nitrogen and oxygen atoms in total. The molecule has 1 aromatic carbocycles. The number of benzene rings is 1. The molecule has 1 aromatic heterocycles. The predicted molar refractivity (Wildman–Crippen MR) is 52.0 cm³/mol. The van der Waals surface area contributed by atoms with Crippen LogP contribution in [0.3, 0.4) is 0 Å². The molecule has 0 aliphatic heterocycles. The monoisotopic (exact) mass is 179 g/mol. The maximum absolute atomic E-state index is 9.02. The van der Waals surface area contributed by atoms with E-state index in [1.54, 1.807) is 0 Å². The third-order valence-corrected chi connectivity index (χ3v) is 3.56. The molecule has 0 radical (unpaired) electrons. The molecule has 60 valence electrons. The number of fused-ring (bicyclic) bond motifs is 1. The maximum atomic E-state index is 9.02. The molecule has 0 amide bonds. The van der Waals surface area contributed by atoms with Crippen LogP contribution < -0.4 is 0 Å². The van der Waals surface area contributed by atoms with E-state index in [1.165, 1.54) is 0 Å². The third-order valence-electron chi connectivity index (χ3n) is 1.79. The van der Waals surface area contributed by atoms with Crippen molar-refractivity contribution in [2.75, 3.05) is 0 Å². The molecule has 0 saturated carbocycles. The van der Waals surface area contributed by atoms with Crippen LogP contribution in [0.4, 0.5) is 0 Å². The van der Waals surface area contributed by atoms with Crippen LogP contribution in [-0.4, -0.2) is 16.4 Å². The lowest BCUT2D eigenvalue weighted by molar-refractivity contribution is 0.436. The number of hydrogen-bond acceptors (Lipinski definition) is 2. The van der Waals surface area contributed by atoms with Crippen LogP contribution in [-0.2, 0) is 0 Å². The first-order valence-electron chi connectivity index (χ1n) is 3.64. The lowest BCUT2D eigenvalue weighted by Crippen LogP contribution is -2.04. The Kier molecular flexibility index (Phi) is 1.88. The second kappa shape index (κ2) is 2.90. The second-order valence-corrected chi connectivity index (χ2v) is 4.42. The first-order valence-corrected chi connectivity index (χ1v) is 4.99. The standard InChI is InChI=1S/C8H8BO2S/c10-9(11)12-6-5-7-3-1-2-4-8(7)12/h1-6,10-11H/q+1. The summed E-state index contributed by atoms with van der Waals surface area (Å²) in [5.41, 5.74) is 0. The first kappa shape index (κ1) is 7.80. The summed E-state index contributed by atoms with van der Waals surface area (Å²) < 4.78 is 1.02. The van der Waals surface area contributed by atoms with Crippen LogP contribution >= 0.6 is 10.3 Å². The molecule has 0 spiro atoms. The summed E-state index contributed by atoms with van der Waals surface area (Å²) in [6.45, 7) is 0. The van der Waals surface area contributed by atoms with E-state index < -0.39 is 16.7 Å². The zero-order valence-corrected chi connectivity index (χ0v) is 7.16. The van der Waals surface area contributed by atoms with Gasteiger partial charge in [-0.2, -0.15) is 0 Å². The Morgan fingerprint density at radius 2 is 1.83 bits per heavy atom. The molecule has 4 heteroatoms. The fourth-order valence-corrected chi connectivity index (χ4v) is 2.69. The highest BCUT2D eigenvalue weighted by Gasteiger charge is 2.28. The van der Waals surface area contributed by atoms with Crippen molar-refractivity contribution in [1.29, 1.82) is 0 Å². The molecule has 0 saturated heterocycles. The summed E-state index contributed by atoms with van der Waals surface area (Å²) >= 11 is 0. The van der Waals surface area contributed by atoms with Gasteiger partial charge in [-0.05, 0) is 22.5 Å². The van der Waals surface area contributed by atoms with Crippen molar-refractivity contribution in [3.05, 3.63) is 35.7 Å². The van der Waals surface area contributed by atoms with Gasteiger partial charge in [-0.15, -0.1) is 0 Å². The van der Waals surface area contributed by atoms with Gasteiger partial charge in [0.05, 0.1) is 0 Å². The van der Waals surface area contributed by atoms with Crippen LogP contribution in [0.2, 0.25) is 0 Å². The molecule has 1 atom stereocenters. The van der Waals surface area contributed by atoms with Gasteiger partial charge in [0.2, 0.25) is 0 Å². The summed E-state index contributed by atoms with van der Waals surface area (Å²) in [7, 11) is -0.523. The highest BCUT2D eigenvalue weighted by atomic mass is 32.2. The summed E-state index contributed by atoms with van der Waals surface area (Å²) in [4.78, 5) is 0. The van der Waals surface area contributed by atoms with E-state index in [4.69, 9.17) is 10.0 Å². The van der Waals surface area contributed by atoms with Crippen molar-refractivity contribution in [2.24, 2.45) is 0 Å². The Morgan fingerprint density at radius 3 is 2.58 bits per heavy atom. The summed E-state index contributed by atoms with van der Waals surface area (Å²) in [5, 5.41) is 21.0. The van der Waals surface area contributed by atoms with Gasteiger partial charge in [-0.1, -0.05) is 12.1 Å². The van der Waals surface area contributed by atoms with Crippen molar-refractivity contribution in [3.8, 4) is 0 Å². The van der Waals surface area contributed by atoms with Gasteiger partial charge in [0.15, 0.2) is 4.70 Å². The number of rotatable bonds is 1. The predicted octanol–water partition coefficient (Wildman–Crippen LogP) is 1.41. The average Bonchev–Trinajstić information content (AvgIpc) is 2.47. The van der Waals surface area contributed by atoms with E-state index in [0.717, 1.165) is 10.1 Å². The van der Waals surface area contributed by atoms with Crippen LogP contribution in [0.5, 0.6) is 0 Å². The molecular weight excluding hydrogens is 171 g/mol. The van der Waals surface area contributed by atoms with Crippen LogP contribution in [0.1, 0.15) is 0 Å². The van der Waals surface area contributed by atoms with Crippen molar-refractivity contribution in [3.63, 3.8) is 0 Å². The van der Waals surface area contributed by atoms with Crippen LogP contribution in [0.25, 0.3) is 10.1 Å². The van der Waals surface area contributed by atoms with Gasteiger partial charge in [0.1, 0.15) is 5.38 Å². The molecule has 1 heterocycles. The van der Waals surface area contributed by atoms with Crippen molar-refractivity contribution >= 4 is 26.8 Å². The topological polar surface area (TPSA) is 40.5 Å². The number of hydrogen-bond donors (Lipinski definition) is 2. The van der Waals surface area contributed by atoms with E-state index in [1.807, 2.05) is 35.7 Å². The molecule has 0 aliphatic carbocycles. The highest BCUT2D eigenvalue weighted by Crippen LogP contribution is 2.31. The molecule has 2 aromatic rings. The van der Waals surface area contributed by atoms with E-state index in [0.29, 0.717) is 0 Å². The largest absolute Gasteiger partial charge is 0.783 e. The Morgan fingerprint density at radius 1 is 1.08 bits per heavy atom. The van der Waals surface area contributed by atoms with Gasteiger partial charge < -0.3 is 10.0 Å². The number of thiophene rings is 1. The van der Waals surface area contributed by atoms with Crippen LogP contribution in [0.15, 0.2) is 35.7 Å². The average molecular weight is 179 g/mol. The molecule has 0 bridgehead atoms. The zero-order valence-electron chi connectivity index (χ0n) is 6.34. The third kappa shape index (κ3) is 1.14. The molecule has 12 heavy (non-hydrogen) atoms. The minimum Gasteiger partial charge on any atom is -0.373 e. The molecule has 2 N–H and O–H groups in total. The summed E-state index contributed by atoms with van der Waals surface area (Å²) in [6, 6.07) is 9.69. The van der Waals surface area contributed by atoms with Gasteiger partial charge in [-0.3, -0.25) is 0 Å². The quantitative estimate of drug-likeness (QED) is 0.513. The SMILES string of the molecule is OB(O)[s+]1ccc2ccccc21. The lowest BCUT2D eigenvalue weighted by Gasteiger charge is -1.86. The Hall–Kier alpha value is -0.835. The minimum atomic E-state index is -1.26. The van der Waals surface area contributed by atoms with E-state index in [2.05, 4.69) is 0 Å². The summed E-state index contributed by atoms with van der Waals surface area (Å²) in [5.74, 6) is 0. The normalized spacial score (nSPS) is 12.0. The minimum absolute atomic E-state index is 0.523. The Bertz CT molecular complexity index is 397. The van der Waals surface area contributed by atoms with Gasteiger partial charge >= 0.3 is 6.40 Å². The molecule has 2 rings (SSSR count). The van der Waals surface area contributed by atoms with Gasteiger partial charge in [-0.25, -0.2) is 0 Å². The Balaban J connectivity index is 2.70. The van der Waals surface area contributed by atoms with E-state index in [9.17, 15) is 0 Å². The fraction of sp³-hybridized carbons (Fsp3) is 0. The molecule has 0 aliphatic rings. The van der Waals surface area contributed by atoms with Crippen molar-refractivity contribution < 1.29 is 10.0 Å². The van der Waals surface area contributed by atoms with E-state index in [-0.39, 0.29) is 0 Å². The van der Waals surface area contributed by atoms with Gasteiger partial charge in [0, 0.05) is 11.5 Å².